The van der Waals surface area contributed by atoms with E-state index in [0.29, 0.717) is 0 Å². The Balaban J connectivity index is 2.91. The van der Waals surface area contributed by atoms with Crippen LogP contribution in [0.5, 0.6) is 0 Å². The zero-order chi connectivity index (χ0) is 14.7. The molecule has 0 saturated carbocycles. The number of fused-ring (bicyclic) bond motifs is 1. The van der Waals surface area contributed by atoms with E-state index in [1.54, 1.807) is 0 Å². The Morgan fingerprint density at radius 1 is 0.947 bits per heavy atom. The molecule has 19 heavy (non-hydrogen) atoms. The largest absolute Gasteiger partial charge is 0.460 e. The predicted molar refractivity (Wildman–Crippen MR) is 41.6 cm³/mol. The number of alkyl halides is 3. The molecule has 1 N–H and O–H groups in total. The summed E-state index contributed by atoms with van der Waals surface area (Å²) in [6, 6.07) is 0. The SMILES string of the molecule is O=C1OC(O)(C(F)(F)F)c2c(F)c(F)c(F)c(F)c21. The number of halogens is 7. The van der Waals surface area contributed by atoms with Gasteiger partial charge in [0, 0.05) is 0 Å². The zero-order valence-electron chi connectivity index (χ0n) is 8.41. The lowest BCUT2D eigenvalue weighted by molar-refractivity contribution is -0.350. The summed E-state index contributed by atoms with van der Waals surface area (Å²) in [5.74, 6) is -16.8. The van der Waals surface area contributed by atoms with Gasteiger partial charge in [-0.1, -0.05) is 0 Å². The molecule has 0 aliphatic carbocycles. The Morgan fingerprint density at radius 3 is 1.89 bits per heavy atom. The minimum absolute atomic E-state index is 1.84. The van der Waals surface area contributed by atoms with E-state index in [2.05, 4.69) is 4.74 Å². The van der Waals surface area contributed by atoms with Crippen molar-refractivity contribution in [3.63, 3.8) is 0 Å². The molecule has 0 bridgehead atoms. The van der Waals surface area contributed by atoms with Crippen LogP contribution in [0.4, 0.5) is 30.7 Å². The number of hydrogen-bond donors (Lipinski definition) is 1. The Bertz CT molecular complexity index is 595. The van der Waals surface area contributed by atoms with E-state index < -0.39 is 52.3 Å². The minimum Gasteiger partial charge on any atom is -0.415 e. The van der Waals surface area contributed by atoms with Gasteiger partial charge in [0.1, 0.15) is 5.56 Å². The van der Waals surface area contributed by atoms with Crippen molar-refractivity contribution < 1.29 is 45.4 Å². The van der Waals surface area contributed by atoms with Crippen LogP contribution in [0.25, 0.3) is 0 Å². The summed E-state index contributed by atoms with van der Waals surface area (Å²) in [4.78, 5) is 11.0. The summed E-state index contributed by atoms with van der Waals surface area (Å²) in [6.45, 7) is 0. The molecular formula is C9HF7O3. The van der Waals surface area contributed by atoms with Crippen LogP contribution in [0.1, 0.15) is 15.9 Å². The molecule has 10 heteroatoms. The number of cyclic esters (lactones) is 1. The second-order valence-electron chi connectivity index (χ2n) is 3.54. The topological polar surface area (TPSA) is 46.5 Å². The van der Waals surface area contributed by atoms with Crippen LogP contribution < -0.4 is 0 Å². The molecule has 0 spiro atoms. The van der Waals surface area contributed by atoms with Crippen molar-refractivity contribution in [2.45, 2.75) is 12.0 Å². The molecular weight excluding hydrogens is 289 g/mol. The second kappa shape index (κ2) is 3.59. The van der Waals surface area contributed by atoms with E-state index in [0.717, 1.165) is 0 Å². The minimum atomic E-state index is -5.77. The lowest BCUT2D eigenvalue weighted by Crippen LogP contribution is -2.43. The summed E-state index contributed by atoms with van der Waals surface area (Å²) in [5, 5.41) is 9.11. The van der Waals surface area contributed by atoms with Gasteiger partial charge in [-0.2, -0.15) is 13.2 Å². The molecule has 1 aromatic rings. The molecule has 104 valence electrons. The molecule has 1 aliphatic heterocycles. The molecule has 2 rings (SSSR count). The lowest BCUT2D eigenvalue weighted by Gasteiger charge is -2.24. The van der Waals surface area contributed by atoms with Crippen LogP contribution in [-0.4, -0.2) is 17.3 Å². The van der Waals surface area contributed by atoms with Crippen molar-refractivity contribution in [2.75, 3.05) is 0 Å². The standard InChI is InChI=1S/C9HF7O3/c10-3-1-2(4(11)6(13)5(3)12)8(18,9(14,15)16)19-7(1)17/h18H. The molecule has 1 unspecified atom stereocenters. The molecule has 0 fully saturated rings. The third-order valence-electron chi connectivity index (χ3n) is 2.43. The first-order valence-electron chi connectivity index (χ1n) is 4.41. The Hall–Kier alpha value is -1.84. The van der Waals surface area contributed by atoms with Gasteiger partial charge >= 0.3 is 17.9 Å². The first-order valence-corrected chi connectivity index (χ1v) is 4.41. The number of rotatable bonds is 0. The van der Waals surface area contributed by atoms with E-state index in [1.165, 1.54) is 0 Å². The van der Waals surface area contributed by atoms with Crippen LogP contribution in [0.3, 0.4) is 0 Å². The van der Waals surface area contributed by atoms with Crippen LogP contribution in [-0.2, 0) is 10.5 Å². The lowest BCUT2D eigenvalue weighted by atomic mass is 10.00. The van der Waals surface area contributed by atoms with Gasteiger partial charge in [-0.3, -0.25) is 0 Å². The van der Waals surface area contributed by atoms with Crippen molar-refractivity contribution in [1.82, 2.24) is 0 Å². The van der Waals surface area contributed by atoms with Crippen molar-refractivity contribution in [3.8, 4) is 0 Å². The van der Waals surface area contributed by atoms with Gasteiger partial charge in [-0.25, -0.2) is 22.4 Å². The van der Waals surface area contributed by atoms with Gasteiger partial charge in [0.2, 0.25) is 0 Å². The van der Waals surface area contributed by atoms with Crippen LogP contribution >= 0.6 is 0 Å². The molecule has 3 nitrogen and oxygen atoms in total. The van der Waals surface area contributed by atoms with E-state index in [9.17, 15) is 35.5 Å². The maximum atomic E-state index is 13.3. The average molecular weight is 290 g/mol. The maximum Gasteiger partial charge on any atom is 0.460 e. The highest BCUT2D eigenvalue weighted by atomic mass is 19.4. The fourth-order valence-corrected chi connectivity index (χ4v) is 1.58. The first-order chi connectivity index (χ1) is 8.52. The molecule has 0 aromatic heterocycles. The number of esters is 1. The third kappa shape index (κ3) is 1.52. The summed E-state index contributed by atoms with van der Waals surface area (Å²) >= 11 is 0. The molecule has 1 aliphatic rings. The fourth-order valence-electron chi connectivity index (χ4n) is 1.58. The van der Waals surface area contributed by atoms with Crippen LogP contribution in [0.15, 0.2) is 0 Å². The van der Waals surface area contributed by atoms with E-state index in [1.807, 2.05) is 0 Å². The van der Waals surface area contributed by atoms with E-state index >= 15 is 0 Å². The normalized spacial score (nSPS) is 22.4. The molecule has 1 atom stereocenters. The third-order valence-corrected chi connectivity index (χ3v) is 2.43. The highest BCUT2D eigenvalue weighted by molar-refractivity contribution is 5.95. The van der Waals surface area contributed by atoms with Crippen molar-refractivity contribution >= 4 is 5.97 Å². The summed E-state index contributed by atoms with van der Waals surface area (Å²) in [5.41, 5.74) is -3.97. The van der Waals surface area contributed by atoms with Gasteiger partial charge in [0.05, 0.1) is 5.56 Å². The first kappa shape index (κ1) is 13.6. The molecule has 0 radical (unpaired) electrons. The fraction of sp³-hybridized carbons (Fsp3) is 0.222. The van der Waals surface area contributed by atoms with Gasteiger partial charge in [-0.15, -0.1) is 0 Å². The predicted octanol–water partition coefficient (Wildman–Crippen LogP) is 2.12. The highest BCUT2D eigenvalue weighted by Gasteiger charge is 2.66. The van der Waals surface area contributed by atoms with Crippen molar-refractivity contribution in [1.29, 1.82) is 0 Å². The van der Waals surface area contributed by atoms with Crippen molar-refractivity contribution in [3.05, 3.63) is 34.4 Å². The van der Waals surface area contributed by atoms with Gasteiger partial charge < -0.3 is 9.84 Å². The zero-order valence-corrected chi connectivity index (χ0v) is 8.41. The maximum absolute atomic E-state index is 13.3. The summed E-state index contributed by atoms with van der Waals surface area (Å²) < 4.78 is 93.1. The quantitative estimate of drug-likeness (QED) is 0.344. The number of benzene rings is 1. The Kier molecular flexibility index (Phi) is 2.57. The number of aliphatic hydroxyl groups is 1. The highest BCUT2D eigenvalue weighted by Crippen LogP contribution is 2.48. The monoisotopic (exact) mass is 290 g/mol. The van der Waals surface area contributed by atoms with Gasteiger partial charge in [0.25, 0.3) is 0 Å². The van der Waals surface area contributed by atoms with E-state index in [-0.39, 0.29) is 0 Å². The van der Waals surface area contributed by atoms with Gasteiger partial charge in [-0.05, 0) is 0 Å². The molecule has 1 aromatic carbocycles. The molecule has 0 saturated heterocycles. The summed E-state index contributed by atoms with van der Waals surface area (Å²) in [6.07, 6.45) is -5.77. The average Bonchev–Trinajstić information content (AvgIpc) is 2.56. The summed E-state index contributed by atoms with van der Waals surface area (Å²) in [7, 11) is 0. The van der Waals surface area contributed by atoms with Crippen molar-refractivity contribution in [2.24, 2.45) is 0 Å². The van der Waals surface area contributed by atoms with Crippen LogP contribution in [0, 0.1) is 23.3 Å². The van der Waals surface area contributed by atoms with Crippen LogP contribution in [0.2, 0.25) is 0 Å². The van der Waals surface area contributed by atoms with Gasteiger partial charge in [0.15, 0.2) is 23.3 Å². The Morgan fingerprint density at radius 2 is 1.42 bits per heavy atom. The number of carbonyl (C=O) groups excluding carboxylic acids is 1. The number of hydrogen-bond acceptors (Lipinski definition) is 3. The van der Waals surface area contributed by atoms with E-state index in [4.69, 9.17) is 5.11 Å². The molecule has 1 heterocycles. The Labute approximate surface area is 98.7 Å². The smallest absolute Gasteiger partial charge is 0.415 e. The number of ether oxygens (including phenoxy) is 1. The molecule has 0 amide bonds. The second-order valence-corrected chi connectivity index (χ2v) is 3.54. The number of carbonyl (C=O) groups is 1.